The molecule has 2 nitrogen and oxygen atoms in total. The second-order valence-electron chi connectivity index (χ2n) is 5.50. The highest BCUT2D eigenvalue weighted by molar-refractivity contribution is 7.10. The maximum Gasteiger partial charge on any atom is 0.0593 e. The molecule has 2 N–H and O–H groups in total. The number of piperidine rings is 1. The number of nitrogens with zero attached hydrogens (tertiary/aromatic N) is 1. The lowest BCUT2D eigenvalue weighted by atomic mass is 9.94. The molecule has 2 heterocycles. The van der Waals surface area contributed by atoms with Gasteiger partial charge in [0.1, 0.15) is 0 Å². The van der Waals surface area contributed by atoms with E-state index in [0.29, 0.717) is 6.04 Å². The SMILES string of the molecule is CCCC1CCCCN1C(c1cccs1)C(C)N. The van der Waals surface area contributed by atoms with Crippen molar-refractivity contribution in [2.24, 2.45) is 5.73 Å². The van der Waals surface area contributed by atoms with Gasteiger partial charge in [-0.05, 0) is 44.2 Å². The van der Waals surface area contributed by atoms with Gasteiger partial charge in [-0.2, -0.15) is 0 Å². The van der Waals surface area contributed by atoms with Crippen molar-refractivity contribution < 1.29 is 0 Å². The van der Waals surface area contributed by atoms with Gasteiger partial charge < -0.3 is 5.73 Å². The third-order valence-corrected chi connectivity index (χ3v) is 4.93. The molecule has 102 valence electrons. The molecule has 1 aromatic heterocycles. The Balaban J connectivity index is 2.17. The zero-order chi connectivity index (χ0) is 13.0. The number of thiophene rings is 1. The summed E-state index contributed by atoms with van der Waals surface area (Å²) < 4.78 is 0. The number of rotatable bonds is 5. The van der Waals surface area contributed by atoms with Crippen LogP contribution >= 0.6 is 11.3 Å². The highest BCUT2D eigenvalue weighted by Gasteiger charge is 2.31. The van der Waals surface area contributed by atoms with Gasteiger partial charge in [-0.3, -0.25) is 4.90 Å². The van der Waals surface area contributed by atoms with Crippen LogP contribution in [-0.2, 0) is 0 Å². The molecule has 0 aromatic carbocycles. The van der Waals surface area contributed by atoms with E-state index in [1.165, 1.54) is 43.5 Å². The van der Waals surface area contributed by atoms with Crippen LogP contribution in [0.25, 0.3) is 0 Å². The summed E-state index contributed by atoms with van der Waals surface area (Å²) in [6.45, 7) is 5.66. The highest BCUT2D eigenvalue weighted by Crippen LogP contribution is 2.34. The largest absolute Gasteiger partial charge is 0.326 e. The van der Waals surface area contributed by atoms with Crippen LogP contribution in [0.2, 0.25) is 0 Å². The van der Waals surface area contributed by atoms with E-state index in [1.54, 1.807) is 0 Å². The third-order valence-electron chi connectivity index (χ3n) is 3.98. The van der Waals surface area contributed by atoms with E-state index in [-0.39, 0.29) is 6.04 Å². The lowest BCUT2D eigenvalue weighted by molar-refractivity contribution is 0.0782. The van der Waals surface area contributed by atoms with E-state index in [2.05, 4.69) is 36.3 Å². The topological polar surface area (TPSA) is 29.3 Å². The Morgan fingerprint density at radius 3 is 2.94 bits per heavy atom. The summed E-state index contributed by atoms with van der Waals surface area (Å²) >= 11 is 1.85. The zero-order valence-corrected chi connectivity index (χ0v) is 12.5. The lowest BCUT2D eigenvalue weighted by Crippen LogP contribution is -2.47. The predicted molar refractivity (Wildman–Crippen MR) is 80.0 cm³/mol. The Labute approximate surface area is 115 Å². The van der Waals surface area contributed by atoms with E-state index >= 15 is 0 Å². The van der Waals surface area contributed by atoms with Crippen molar-refractivity contribution in [1.82, 2.24) is 4.90 Å². The van der Waals surface area contributed by atoms with Crippen LogP contribution in [0.4, 0.5) is 0 Å². The van der Waals surface area contributed by atoms with Gasteiger partial charge in [0.05, 0.1) is 6.04 Å². The minimum absolute atomic E-state index is 0.209. The van der Waals surface area contributed by atoms with Crippen molar-refractivity contribution in [3.8, 4) is 0 Å². The molecule has 2 rings (SSSR count). The molecule has 0 bridgehead atoms. The van der Waals surface area contributed by atoms with Gasteiger partial charge in [-0.25, -0.2) is 0 Å². The Morgan fingerprint density at radius 1 is 1.50 bits per heavy atom. The molecule has 0 radical (unpaired) electrons. The molecule has 1 aliphatic heterocycles. The molecular formula is C15H26N2S. The van der Waals surface area contributed by atoms with Gasteiger partial charge in [0.15, 0.2) is 0 Å². The maximum atomic E-state index is 6.28. The number of hydrogen-bond acceptors (Lipinski definition) is 3. The molecule has 0 spiro atoms. The summed E-state index contributed by atoms with van der Waals surface area (Å²) in [7, 11) is 0. The van der Waals surface area contributed by atoms with Gasteiger partial charge in [-0.1, -0.05) is 25.8 Å². The van der Waals surface area contributed by atoms with Crippen molar-refractivity contribution in [2.75, 3.05) is 6.54 Å². The first kappa shape index (κ1) is 14.0. The maximum absolute atomic E-state index is 6.28. The van der Waals surface area contributed by atoms with Gasteiger partial charge in [0.25, 0.3) is 0 Å². The van der Waals surface area contributed by atoms with E-state index in [1.807, 2.05) is 11.3 Å². The van der Waals surface area contributed by atoms with Gasteiger partial charge >= 0.3 is 0 Å². The van der Waals surface area contributed by atoms with Gasteiger partial charge in [0, 0.05) is 17.0 Å². The average Bonchev–Trinajstić information content (AvgIpc) is 2.85. The number of hydrogen-bond donors (Lipinski definition) is 1. The molecule has 1 aromatic rings. The van der Waals surface area contributed by atoms with Crippen LogP contribution in [0.3, 0.4) is 0 Å². The fourth-order valence-corrected chi connectivity index (χ4v) is 4.18. The molecule has 0 saturated carbocycles. The van der Waals surface area contributed by atoms with Gasteiger partial charge in [0.2, 0.25) is 0 Å². The fourth-order valence-electron chi connectivity index (χ4n) is 3.22. The van der Waals surface area contributed by atoms with Crippen molar-refractivity contribution in [1.29, 1.82) is 0 Å². The summed E-state index contributed by atoms with van der Waals surface area (Å²) in [5, 5.41) is 2.17. The molecule has 0 amide bonds. The Bertz CT molecular complexity index is 332. The second kappa shape index (κ2) is 6.69. The molecule has 3 atom stereocenters. The van der Waals surface area contributed by atoms with Crippen molar-refractivity contribution >= 4 is 11.3 Å². The quantitative estimate of drug-likeness (QED) is 0.878. The Morgan fingerprint density at radius 2 is 2.33 bits per heavy atom. The molecule has 1 aliphatic rings. The summed E-state index contributed by atoms with van der Waals surface area (Å²) in [4.78, 5) is 4.12. The van der Waals surface area contributed by atoms with Crippen LogP contribution in [-0.4, -0.2) is 23.5 Å². The Kier molecular flexibility index (Phi) is 5.22. The van der Waals surface area contributed by atoms with E-state index in [4.69, 9.17) is 5.73 Å². The minimum Gasteiger partial charge on any atom is -0.326 e. The Hall–Kier alpha value is -0.380. The van der Waals surface area contributed by atoms with E-state index in [9.17, 15) is 0 Å². The normalized spacial score (nSPS) is 24.9. The molecule has 18 heavy (non-hydrogen) atoms. The first-order valence-electron chi connectivity index (χ1n) is 7.28. The summed E-state index contributed by atoms with van der Waals surface area (Å²) in [5.41, 5.74) is 6.28. The van der Waals surface area contributed by atoms with Crippen molar-refractivity contribution in [3.63, 3.8) is 0 Å². The number of nitrogens with two attached hydrogens (primary N) is 1. The molecule has 1 saturated heterocycles. The monoisotopic (exact) mass is 266 g/mol. The van der Waals surface area contributed by atoms with E-state index < -0.39 is 0 Å². The summed E-state index contributed by atoms with van der Waals surface area (Å²) in [6, 6.07) is 5.76. The fraction of sp³-hybridized carbons (Fsp3) is 0.733. The third kappa shape index (κ3) is 3.14. The van der Waals surface area contributed by atoms with Crippen molar-refractivity contribution in [3.05, 3.63) is 22.4 Å². The van der Waals surface area contributed by atoms with Crippen molar-refractivity contribution in [2.45, 2.75) is 64.1 Å². The van der Waals surface area contributed by atoms with Crippen LogP contribution < -0.4 is 5.73 Å². The van der Waals surface area contributed by atoms with Crippen LogP contribution in [0.5, 0.6) is 0 Å². The first-order chi connectivity index (χ1) is 8.74. The highest BCUT2D eigenvalue weighted by atomic mass is 32.1. The predicted octanol–water partition coefficient (Wildman–Crippen LogP) is 3.79. The first-order valence-corrected chi connectivity index (χ1v) is 8.16. The average molecular weight is 266 g/mol. The van der Waals surface area contributed by atoms with E-state index in [0.717, 1.165) is 6.04 Å². The minimum atomic E-state index is 0.209. The van der Waals surface area contributed by atoms with Crippen LogP contribution in [0, 0.1) is 0 Å². The molecule has 3 heteroatoms. The smallest absolute Gasteiger partial charge is 0.0593 e. The molecule has 0 aliphatic carbocycles. The summed E-state index contributed by atoms with van der Waals surface area (Å²) in [5.74, 6) is 0. The van der Waals surface area contributed by atoms with Crippen LogP contribution in [0.15, 0.2) is 17.5 Å². The second-order valence-corrected chi connectivity index (χ2v) is 6.47. The molecular weight excluding hydrogens is 240 g/mol. The molecule has 1 fully saturated rings. The standard InChI is InChI=1S/C15H26N2S/c1-3-7-13-8-4-5-10-17(13)15(12(2)16)14-9-6-11-18-14/h6,9,11-13,15H,3-5,7-8,10,16H2,1-2H3. The number of likely N-dealkylation sites (tertiary alicyclic amines) is 1. The molecule has 3 unspecified atom stereocenters. The van der Waals surface area contributed by atoms with Crippen LogP contribution in [0.1, 0.15) is 56.9 Å². The zero-order valence-electron chi connectivity index (χ0n) is 11.6. The van der Waals surface area contributed by atoms with Gasteiger partial charge in [-0.15, -0.1) is 11.3 Å². The summed E-state index contributed by atoms with van der Waals surface area (Å²) in [6.07, 6.45) is 6.65. The lowest BCUT2D eigenvalue weighted by Gasteiger charge is -2.42.